The van der Waals surface area contributed by atoms with Crippen LogP contribution >= 0.6 is 0 Å². The first-order chi connectivity index (χ1) is 9.08. The van der Waals surface area contributed by atoms with E-state index in [1.807, 2.05) is 25.3 Å². The van der Waals surface area contributed by atoms with Crippen molar-refractivity contribution in [2.45, 2.75) is 46.9 Å². The van der Waals surface area contributed by atoms with Crippen LogP contribution in [0.3, 0.4) is 0 Å². The molecule has 2 N–H and O–H groups in total. The summed E-state index contributed by atoms with van der Waals surface area (Å²) in [6.07, 6.45) is 0.876. The van der Waals surface area contributed by atoms with Crippen LogP contribution in [0, 0.1) is 0 Å². The maximum absolute atomic E-state index is 11.7. The van der Waals surface area contributed by atoms with Crippen molar-refractivity contribution in [3.05, 3.63) is 27.7 Å². The van der Waals surface area contributed by atoms with Gasteiger partial charge in [0.1, 0.15) is 0 Å². The Labute approximate surface area is 114 Å². The van der Waals surface area contributed by atoms with Gasteiger partial charge in [-0.25, -0.2) is 0 Å². The molecule has 1 aromatic rings. The van der Waals surface area contributed by atoms with Crippen molar-refractivity contribution in [1.82, 2.24) is 9.47 Å². The highest BCUT2D eigenvalue weighted by molar-refractivity contribution is 5.30. The van der Waals surface area contributed by atoms with Crippen LogP contribution < -0.4 is 5.43 Å². The van der Waals surface area contributed by atoms with Gasteiger partial charge in [-0.15, -0.1) is 0 Å². The van der Waals surface area contributed by atoms with Gasteiger partial charge in [-0.1, -0.05) is 20.8 Å². The number of aromatic nitrogens is 1. The van der Waals surface area contributed by atoms with E-state index >= 15 is 0 Å². The highest BCUT2D eigenvalue weighted by Gasteiger charge is 2.16. The zero-order valence-corrected chi connectivity index (χ0v) is 12.0. The molecule has 0 atom stereocenters. The Kier molecular flexibility index (Phi) is 6.05. The molecule has 1 rings (SSSR count). The molecule has 5 heteroatoms. The summed E-state index contributed by atoms with van der Waals surface area (Å²) in [5, 5.41) is 19.4. The second kappa shape index (κ2) is 7.31. The fourth-order valence-corrected chi connectivity index (χ4v) is 2.19. The normalized spacial score (nSPS) is 11.2. The number of hydrogen-bond donors (Lipinski definition) is 2. The van der Waals surface area contributed by atoms with Gasteiger partial charge in [0.2, 0.25) is 5.43 Å². The summed E-state index contributed by atoms with van der Waals surface area (Å²) in [4.78, 5) is 13.9. The zero-order chi connectivity index (χ0) is 14.4. The summed E-state index contributed by atoms with van der Waals surface area (Å²) in [6.45, 7) is 8.80. The molecular formula is C14H24N2O3. The highest BCUT2D eigenvalue weighted by Crippen LogP contribution is 2.17. The van der Waals surface area contributed by atoms with Crippen LogP contribution in [-0.4, -0.2) is 32.8 Å². The van der Waals surface area contributed by atoms with Gasteiger partial charge < -0.3 is 14.8 Å². The van der Waals surface area contributed by atoms with E-state index in [1.54, 1.807) is 0 Å². The van der Waals surface area contributed by atoms with E-state index in [-0.39, 0.29) is 12.4 Å². The van der Waals surface area contributed by atoms with Crippen LogP contribution in [0.5, 0.6) is 5.75 Å². The lowest BCUT2D eigenvalue weighted by molar-refractivity contribution is 0.255. The van der Waals surface area contributed by atoms with Gasteiger partial charge in [-0.3, -0.25) is 9.69 Å². The molecule has 0 saturated carbocycles. The number of aromatic hydroxyl groups is 1. The fraction of sp³-hybridized carbons (Fsp3) is 0.643. The monoisotopic (exact) mass is 268 g/mol. The van der Waals surface area contributed by atoms with Crippen LogP contribution in [0.2, 0.25) is 0 Å². The van der Waals surface area contributed by atoms with Crippen LogP contribution in [0.1, 0.15) is 38.6 Å². The maximum Gasteiger partial charge on any atom is 0.223 e. The van der Waals surface area contributed by atoms with E-state index in [0.717, 1.165) is 19.5 Å². The third-order valence-electron chi connectivity index (χ3n) is 3.35. The minimum Gasteiger partial charge on any atom is -0.503 e. The lowest BCUT2D eigenvalue weighted by Crippen LogP contribution is -2.27. The molecule has 0 unspecified atom stereocenters. The van der Waals surface area contributed by atoms with Crippen molar-refractivity contribution in [3.8, 4) is 5.75 Å². The van der Waals surface area contributed by atoms with E-state index in [0.29, 0.717) is 24.5 Å². The minimum atomic E-state index is -0.418. The number of hydrogen-bond acceptors (Lipinski definition) is 4. The quantitative estimate of drug-likeness (QED) is 0.782. The van der Waals surface area contributed by atoms with Crippen LogP contribution in [-0.2, 0) is 19.7 Å². The third-order valence-corrected chi connectivity index (χ3v) is 3.35. The molecule has 0 aromatic carbocycles. The zero-order valence-electron chi connectivity index (χ0n) is 12.0. The fourth-order valence-electron chi connectivity index (χ4n) is 2.19. The standard InChI is InChI=1S/C14H24N2O3/c1-4-7-16-11(10-17)8-13(18)14(19)12(16)9-15(5-2)6-3/h8,17,19H,4-7,9-10H2,1-3H3. The van der Waals surface area contributed by atoms with E-state index in [4.69, 9.17) is 0 Å². The minimum absolute atomic E-state index is 0.194. The molecule has 0 aliphatic heterocycles. The molecule has 0 amide bonds. The smallest absolute Gasteiger partial charge is 0.223 e. The van der Waals surface area contributed by atoms with Gasteiger partial charge in [-0.2, -0.15) is 0 Å². The van der Waals surface area contributed by atoms with E-state index in [2.05, 4.69) is 4.90 Å². The predicted molar refractivity (Wildman–Crippen MR) is 75.2 cm³/mol. The summed E-state index contributed by atoms with van der Waals surface area (Å²) in [6, 6.07) is 1.32. The van der Waals surface area contributed by atoms with Gasteiger partial charge in [0, 0.05) is 24.8 Å². The first-order valence-corrected chi connectivity index (χ1v) is 6.86. The lowest BCUT2D eigenvalue weighted by Gasteiger charge is -2.23. The average Bonchev–Trinajstić information content (AvgIpc) is 2.42. The Morgan fingerprint density at radius 2 is 1.89 bits per heavy atom. The van der Waals surface area contributed by atoms with Crippen molar-refractivity contribution in [3.63, 3.8) is 0 Å². The van der Waals surface area contributed by atoms with E-state index in [9.17, 15) is 15.0 Å². The van der Waals surface area contributed by atoms with Gasteiger partial charge in [0.15, 0.2) is 5.75 Å². The van der Waals surface area contributed by atoms with Crippen LogP contribution in [0.25, 0.3) is 0 Å². The molecule has 0 saturated heterocycles. The number of pyridine rings is 1. The number of rotatable bonds is 7. The largest absolute Gasteiger partial charge is 0.503 e. The Morgan fingerprint density at radius 1 is 1.26 bits per heavy atom. The topological polar surface area (TPSA) is 65.7 Å². The van der Waals surface area contributed by atoms with Gasteiger partial charge in [0.05, 0.1) is 12.3 Å². The molecule has 0 bridgehead atoms. The second-order valence-electron chi connectivity index (χ2n) is 4.57. The van der Waals surface area contributed by atoms with Gasteiger partial charge in [0.25, 0.3) is 0 Å². The Bertz CT molecular complexity index is 464. The molecule has 1 heterocycles. The van der Waals surface area contributed by atoms with E-state index < -0.39 is 5.43 Å². The van der Waals surface area contributed by atoms with Crippen molar-refractivity contribution in [1.29, 1.82) is 0 Å². The first-order valence-electron chi connectivity index (χ1n) is 6.86. The van der Waals surface area contributed by atoms with Crippen molar-refractivity contribution in [2.24, 2.45) is 0 Å². The van der Waals surface area contributed by atoms with Gasteiger partial charge in [-0.05, 0) is 19.5 Å². The molecule has 5 nitrogen and oxygen atoms in total. The Balaban J connectivity index is 3.31. The average molecular weight is 268 g/mol. The summed E-state index contributed by atoms with van der Waals surface area (Å²) >= 11 is 0. The molecule has 0 fully saturated rings. The van der Waals surface area contributed by atoms with Crippen molar-refractivity contribution < 1.29 is 10.2 Å². The molecule has 0 aliphatic rings. The molecule has 108 valence electrons. The number of nitrogens with zero attached hydrogens (tertiary/aromatic N) is 2. The van der Waals surface area contributed by atoms with E-state index in [1.165, 1.54) is 6.07 Å². The molecule has 1 aromatic heterocycles. The van der Waals surface area contributed by atoms with Crippen molar-refractivity contribution >= 4 is 0 Å². The second-order valence-corrected chi connectivity index (χ2v) is 4.57. The Morgan fingerprint density at radius 3 is 2.37 bits per heavy atom. The lowest BCUT2D eigenvalue weighted by atomic mass is 10.2. The summed E-state index contributed by atoms with van der Waals surface area (Å²) in [5.41, 5.74) is 0.743. The maximum atomic E-state index is 11.7. The number of aliphatic hydroxyl groups excluding tert-OH is 1. The highest BCUT2D eigenvalue weighted by atomic mass is 16.3. The molecule has 0 spiro atoms. The Hall–Kier alpha value is -1.33. The van der Waals surface area contributed by atoms with Crippen molar-refractivity contribution in [2.75, 3.05) is 13.1 Å². The predicted octanol–water partition coefficient (Wildman–Crippen LogP) is 1.30. The first kappa shape index (κ1) is 15.7. The molecular weight excluding hydrogens is 244 g/mol. The molecule has 0 radical (unpaired) electrons. The summed E-state index contributed by atoms with van der Waals surface area (Å²) in [5.74, 6) is -0.197. The summed E-state index contributed by atoms with van der Waals surface area (Å²) in [7, 11) is 0. The summed E-state index contributed by atoms with van der Waals surface area (Å²) < 4.78 is 1.86. The third kappa shape index (κ3) is 3.58. The molecule has 19 heavy (non-hydrogen) atoms. The molecule has 0 aliphatic carbocycles. The van der Waals surface area contributed by atoms with Crippen LogP contribution in [0.15, 0.2) is 10.9 Å². The van der Waals surface area contributed by atoms with Crippen LogP contribution in [0.4, 0.5) is 0 Å². The number of aliphatic hydroxyl groups is 1. The van der Waals surface area contributed by atoms with Gasteiger partial charge >= 0.3 is 0 Å². The SMILES string of the molecule is CCCn1c(CO)cc(=O)c(O)c1CN(CC)CC.